The van der Waals surface area contributed by atoms with Crippen LogP contribution in [-0.4, -0.2) is 12.2 Å². The monoisotopic (exact) mass is 508 g/mol. The van der Waals surface area contributed by atoms with Crippen molar-refractivity contribution in [2.45, 2.75) is 32.5 Å². The van der Waals surface area contributed by atoms with Gasteiger partial charge in [0.1, 0.15) is 11.5 Å². The second-order valence-electron chi connectivity index (χ2n) is 4.95. The summed E-state index contributed by atoms with van der Waals surface area (Å²) in [7, 11) is 0. The van der Waals surface area contributed by atoms with E-state index in [1.165, 1.54) is 0 Å². The van der Waals surface area contributed by atoms with E-state index in [9.17, 15) is 0 Å². The summed E-state index contributed by atoms with van der Waals surface area (Å²) in [5, 5.41) is 0. The van der Waals surface area contributed by atoms with E-state index in [1.54, 1.807) is 0 Å². The minimum atomic E-state index is 0.109. The lowest BCUT2D eigenvalue weighted by Gasteiger charge is -2.21. The Labute approximate surface area is 153 Å². The van der Waals surface area contributed by atoms with Gasteiger partial charge in [-0.3, -0.25) is 0 Å². The normalized spacial score (nSPS) is 13.5. The number of rotatable bonds is 6. The summed E-state index contributed by atoms with van der Waals surface area (Å²) in [5.41, 5.74) is 0. The lowest BCUT2D eigenvalue weighted by atomic mass is 10.2. The van der Waals surface area contributed by atoms with Crippen LogP contribution in [0.2, 0.25) is 0 Å². The fourth-order valence-corrected chi connectivity index (χ4v) is 3.11. The van der Waals surface area contributed by atoms with Gasteiger partial charge in [-0.15, -0.1) is 0 Å². The minimum Gasteiger partial charge on any atom is -0.489 e. The zero-order chi connectivity index (χ0) is 15.2. The molecule has 21 heavy (non-hydrogen) atoms. The van der Waals surface area contributed by atoms with Crippen LogP contribution in [0.1, 0.15) is 20.3 Å². The highest BCUT2D eigenvalue weighted by molar-refractivity contribution is 14.1. The summed E-state index contributed by atoms with van der Waals surface area (Å²) in [6.07, 6.45) is 1.06. The van der Waals surface area contributed by atoms with Gasteiger partial charge in [-0.2, -0.15) is 0 Å². The highest BCUT2D eigenvalue weighted by Crippen LogP contribution is 2.24. The molecule has 0 saturated heterocycles. The molecule has 0 N–H and O–H groups in total. The topological polar surface area (TPSA) is 18.5 Å². The average molecular weight is 508 g/mol. The van der Waals surface area contributed by atoms with Gasteiger partial charge >= 0.3 is 0 Å². The van der Waals surface area contributed by atoms with Gasteiger partial charge < -0.3 is 9.47 Å². The number of hydrogen-bond donors (Lipinski definition) is 0. The third kappa shape index (κ3) is 5.32. The zero-order valence-electron chi connectivity index (χ0n) is 12.1. The Morgan fingerprint density at radius 3 is 1.52 bits per heavy atom. The first-order valence-corrected chi connectivity index (χ1v) is 9.04. The van der Waals surface area contributed by atoms with Crippen molar-refractivity contribution in [2.75, 3.05) is 0 Å². The van der Waals surface area contributed by atoms with Gasteiger partial charge in [-0.25, -0.2) is 0 Å². The van der Waals surface area contributed by atoms with Crippen molar-refractivity contribution in [1.82, 2.24) is 0 Å². The maximum Gasteiger partial charge on any atom is 0.133 e. The van der Waals surface area contributed by atoms with Crippen LogP contribution in [0.4, 0.5) is 0 Å². The molecule has 0 saturated carbocycles. The van der Waals surface area contributed by atoms with Crippen LogP contribution in [0.15, 0.2) is 48.5 Å². The molecule has 112 valence electrons. The van der Waals surface area contributed by atoms with Gasteiger partial charge in [0.2, 0.25) is 0 Å². The number of hydrogen-bond acceptors (Lipinski definition) is 2. The summed E-state index contributed by atoms with van der Waals surface area (Å²) in [4.78, 5) is 0. The fourth-order valence-electron chi connectivity index (χ4n) is 2.08. The maximum absolute atomic E-state index is 5.99. The predicted molar refractivity (Wildman–Crippen MR) is 103 cm³/mol. The first-order valence-electron chi connectivity index (χ1n) is 6.88. The van der Waals surface area contributed by atoms with Crippen molar-refractivity contribution in [3.05, 3.63) is 55.7 Å². The standard InChI is InChI=1S/C17H18I2O2/c1-12(20-16-9-5-3-7-14(16)18)11-13(2)21-17-10-6-4-8-15(17)19/h3-10,12-13H,11H2,1-2H3. The maximum atomic E-state index is 5.99. The lowest BCUT2D eigenvalue weighted by molar-refractivity contribution is 0.129. The van der Waals surface area contributed by atoms with Gasteiger partial charge in [0.05, 0.1) is 19.3 Å². The number of ether oxygens (including phenoxy) is 2. The van der Waals surface area contributed by atoms with Crippen LogP contribution in [-0.2, 0) is 0 Å². The fraction of sp³-hybridized carbons (Fsp3) is 0.294. The molecule has 0 aromatic heterocycles. The first-order chi connectivity index (χ1) is 10.1. The molecule has 2 rings (SSSR count). The van der Waals surface area contributed by atoms with Gasteiger partial charge in [0.15, 0.2) is 0 Å². The van der Waals surface area contributed by atoms with E-state index < -0.39 is 0 Å². The molecule has 0 radical (unpaired) electrons. The Balaban J connectivity index is 1.89. The van der Waals surface area contributed by atoms with Gasteiger partial charge in [0.25, 0.3) is 0 Å². The van der Waals surface area contributed by atoms with E-state index in [0.717, 1.165) is 25.1 Å². The van der Waals surface area contributed by atoms with Crippen molar-refractivity contribution < 1.29 is 9.47 Å². The molecule has 0 spiro atoms. The van der Waals surface area contributed by atoms with Crippen LogP contribution in [0.25, 0.3) is 0 Å². The van der Waals surface area contributed by atoms with Crippen LogP contribution >= 0.6 is 45.2 Å². The average Bonchev–Trinajstić information content (AvgIpc) is 2.44. The molecule has 2 aromatic carbocycles. The van der Waals surface area contributed by atoms with E-state index in [2.05, 4.69) is 71.2 Å². The van der Waals surface area contributed by atoms with Crippen molar-refractivity contribution in [1.29, 1.82) is 0 Å². The molecular weight excluding hydrogens is 490 g/mol. The lowest BCUT2D eigenvalue weighted by Crippen LogP contribution is -2.23. The molecule has 2 aromatic rings. The molecule has 0 aliphatic heterocycles. The highest BCUT2D eigenvalue weighted by atomic mass is 127. The largest absolute Gasteiger partial charge is 0.489 e. The second-order valence-corrected chi connectivity index (χ2v) is 7.28. The van der Waals surface area contributed by atoms with Crippen LogP contribution in [0.5, 0.6) is 11.5 Å². The number of para-hydroxylation sites is 2. The van der Waals surface area contributed by atoms with Crippen molar-refractivity contribution in [3.8, 4) is 11.5 Å². The van der Waals surface area contributed by atoms with E-state index in [-0.39, 0.29) is 12.2 Å². The summed E-state index contributed by atoms with van der Waals surface area (Å²) in [6.45, 7) is 4.16. The second kappa shape index (κ2) is 8.22. The predicted octanol–water partition coefficient (Wildman–Crippen LogP) is 5.52. The summed E-state index contributed by atoms with van der Waals surface area (Å²) >= 11 is 4.59. The Morgan fingerprint density at radius 2 is 1.14 bits per heavy atom. The molecule has 2 nitrogen and oxygen atoms in total. The Morgan fingerprint density at radius 1 is 0.762 bits per heavy atom. The summed E-state index contributed by atoms with van der Waals surface area (Å²) in [6, 6.07) is 16.1. The van der Waals surface area contributed by atoms with Gasteiger partial charge in [-0.05, 0) is 83.3 Å². The molecule has 0 amide bonds. The molecule has 0 aliphatic carbocycles. The molecule has 2 unspecified atom stereocenters. The van der Waals surface area contributed by atoms with Crippen molar-refractivity contribution >= 4 is 45.2 Å². The smallest absolute Gasteiger partial charge is 0.133 e. The Kier molecular flexibility index (Phi) is 6.60. The van der Waals surface area contributed by atoms with Crippen molar-refractivity contribution in [2.24, 2.45) is 0 Å². The van der Waals surface area contributed by atoms with E-state index >= 15 is 0 Å². The molecular formula is C17H18I2O2. The Hall–Kier alpha value is -0.500. The summed E-state index contributed by atoms with van der Waals surface area (Å²) in [5.74, 6) is 1.87. The highest BCUT2D eigenvalue weighted by Gasteiger charge is 2.13. The molecule has 4 heteroatoms. The molecule has 0 heterocycles. The van der Waals surface area contributed by atoms with Crippen LogP contribution in [0, 0.1) is 7.14 Å². The Bertz CT molecular complexity index is 535. The molecule has 2 atom stereocenters. The van der Waals surface area contributed by atoms with E-state index in [1.807, 2.05) is 36.4 Å². The summed E-state index contributed by atoms with van der Waals surface area (Å²) < 4.78 is 14.3. The minimum absolute atomic E-state index is 0.109. The third-order valence-electron chi connectivity index (χ3n) is 2.99. The van der Waals surface area contributed by atoms with E-state index in [0.29, 0.717) is 0 Å². The van der Waals surface area contributed by atoms with Gasteiger partial charge in [-0.1, -0.05) is 24.3 Å². The number of halogens is 2. The third-order valence-corrected chi connectivity index (χ3v) is 4.78. The molecule has 0 bridgehead atoms. The van der Waals surface area contributed by atoms with Gasteiger partial charge in [0, 0.05) is 6.42 Å². The SMILES string of the molecule is CC(CC(C)Oc1ccccc1I)Oc1ccccc1I. The van der Waals surface area contributed by atoms with Crippen molar-refractivity contribution in [3.63, 3.8) is 0 Å². The van der Waals surface area contributed by atoms with Crippen LogP contribution in [0.3, 0.4) is 0 Å². The first kappa shape index (κ1) is 16.9. The zero-order valence-corrected chi connectivity index (χ0v) is 16.4. The number of benzene rings is 2. The molecule has 0 fully saturated rings. The quantitative estimate of drug-likeness (QED) is 0.479. The van der Waals surface area contributed by atoms with E-state index in [4.69, 9.17) is 9.47 Å². The molecule has 0 aliphatic rings. The van der Waals surface area contributed by atoms with Crippen LogP contribution < -0.4 is 9.47 Å².